The highest BCUT2D eigenvalue weighted by Crippen LogP contribution is 2.15. The molecule has 0 aliphatic heterocycles. The van der Waals surface area contributed by atoms with Gasteiger partial charge in [-0.1, -0.05) is 0 Å². The zero-order valence-electron chi connectivity index (χ0n) is 10.6. The molecule has 7 heteroatoms. The van der Waals surface area contributed by atoms with Crippen molar-refractivity contribution < 1.29 is 9.41 Å². The summed E-state index contributed by atoms with van der Waals surface area (Å²) in [5.74, 6) is 5.89. The van der Waals surface area contributed by atoms with Crippen LogP contribution in [-0.2, 0) is 4.84 Å². The number of pyridine rings is 1. The molecule has 1 heterocycles. The fraction of sp³-hybridized carbons (Fsp3) is 0.400. The van der Waals surface area contributed by atoms with Gasteiger partial charge in [0.2, 0.25) is 0 Å². The molecule has 0 aliphatic rings. The van der Waals surface area contributed by atoms with Crippen LogP contribution < -0.4 is 16.7 Å². The Kier molecular flexibility index (Phi) is 4.53. The highest BCUT2D eigenvalue weighted by molar-refractivity contribution is 5.70. The van der Waals surface area contributed by atoms with Gasteiger partial charge in [-0.15, -0.1) is 0 Å². The van der Waals surface area contributed by atoms with E-state index in [9.17, 15) is 0 Å². The molecule has 0 fully saturated rings. The van der Waals surface area contributed by atoms with E-state index >= 15 is 0 Å². The van der Waals surface area contributed by atoms with Gasteiger partial charge < -0.3 is 10.3 Å². The summed E-state index contributed by atoms with van der Waals surface area (Å²) in [5, 5.41) is 0. The van der Waals surface area contributed by atoms with Crippen molar-refractivity contribution >= 4 is 17.5 Å². The normalized spacial score (nSPS) is 9.47. The Hall–Kier alpha value is -2.02. The number of nitrogen functional groups attached to an aromatic ring is 1. The van der Waals surface area contributed by atoms with Crippen molar-refractivity contribution in [3.05, 3.63) is 18.3 Å². The number of nitrogens with one attached hydrogen (secondary N) is 2. The number of rotatable bonds is 3. The highest BCUT2D eigenvalue weighted by atomic mass is 16.7. The quantitative estimate of drug-likeness (QED) is 0.225. The Morgan fingerprint density at radius 1 is 1.47 bits per heavy atom. The standard InChI is InChI=1S/C10H19N6O/c1-15(2)10(16(3)4)17-14-9-8(13-11)6-5-7-12-9/h5-7,13H,11H2,1-4H3,(H,12,14)/q+1. The predicted octanol–water partition coefficient (Wildman–Crippen LogP) is -0.0996. The molecule has 0 aliphatic carbocycles. The van der Waals surface area contributed by atoms with E-state index in [2.05, 4.69) is 15.9 Å². The van der Waals surface area contributed by atoms with Crippen LogP contribution in [0.25, 0.3) is 0 Å². The third-order valence-electron chi connectivity index (χ3n) is 1.97. The third kappa shape index (κ3) is 3.49. The number of nitrogens with zero attached hydrogens (tertiary/aromatic N) is 3. The molecule has 1 rings (SSSR count). The van der Waals surface area contributed by atoms with Gasteiger partial charge in [0.05, 0.1) is 33.9 Å². The lowest BCUT2D eigenvalue weighted by molar-refractivity contribution is -0.480. The molecule has 0 atom stereocenters. The lowest BCUT2D eigenvalue weighted by Gasteiger charge is -2.13. The molecule has 0 radical (unpaired) electrons. The van der Waals surface area contributed by atoms with Crippen LogP contribution in [0.2, 0.25) is 0 Å². The monoisotopic (exact) mass is 239 g/mol. The molecule has 17 heavy (non-hydrogen) atoms. The largest absolute Gasteiger partial charge is 0.470 e. The van der Waals surface area contributed by atoms with Gasteiger partial charge in [0.25, 0.3) is 0 Å². The van der Waals surface area contributed by atoms with Gasteiger partial charge in [0, 0.05) is 6.20 Å². The lowest BCUT2D eigenvalue weighted by Crippen LogP contribution is -2.34. The molecular weight excluding hydrogens is 220 g/mol. The van der Waals surface area contributed by atoms with Gasteiger partial charge in [0.15, 0.2) is 5.82 Å². The van der Waals surface area contributed by atoms with Gasteiger partial charge >= 0.3 is 6.02 Å². The molecule has 4 N–H and O–H groups in total. The van der Waals surface area contributed by atoms with Crippen LogP contribution in [0.1, 0.15) is 0 Å². The Bertz CT molecular complexity index is 400. The SMILES string of the molecule is CN(C)C(ONc1ncccc1NN)=[N+](C)C. The summed E-state index contributed by atoms with van der Waals surface area (Å²) in [6.45, 7) is 0. The molecular formula is C10H19N6O+. The van der Waals surface area contributed by atoms with E-state index < -0.39 is 0 Å². The van der Waals surface area contributed by atoms with Crippen LogP contribution >= 0.6 is 0 Å². The van der Waals surface area contributed by atoms with Crippen molar-refractivity contribution in [3.63, 3.8) is 0 Å². The molecule has 7 nitrogen and oxygen atoms in total. The van der Waals surface area contributed by atoms with Crippen molar-refractivity contribution in [2.24, 2.45) is 5.84 Å². The first-order valence-electron chi connectivity index (χ1n) is 5.12. The minimum absolute atomic E-state index is 0.524. The molecule has 0 saturated heterocycles. The maximum absolute atomic E-state index is 5.45. The highest BCUT2D eigenvalue weighted by Gasteiger charge is 2.14. The average molecular weight is 239 g/mol. The van der Waals surface area contributed by atoms with E-state index in [1.165, 1.54) is 0 Å². The first kappa shape index (κ1) is 13.0. The van der Waals surface area contributed by atoms with Crippen molar-refractivity contribution in [2.45, 2.75) is 0 Å². The van der Waals surface area contributed by atoms with E-state index in [-0.39, 0.29) is 0 Å². The molecule has 0 unspecified atom stereocenters. The zero-order valence-corrected chi connectivity index (χ0v) is 10.6. The minimum atomic E-state index is 0.524. The van der Waals surface area contributed by atoms with Crippen molar-refractivity contribution in [1.29, 1.82) is 0 Å². The molecule has 0 spiro atoms. The Morgan fingerprint density at radius 2 is 2.18 bits per heavy atom. The molecule has 0 amide bonds. The van der Waals surface area contributed by atoms with Crippen molar-refractivity contribution in [1.82, 2.24) is 9.88 Å². The second-order valence-corrected chi connectivity index (χ2v) is 3.82. The van der Waals surface area contributed by atoms with Crippen LogP contribution in [-0.4, -0.2) is 48.7 Å². The molecule has 1 aromatic rings. The third-order valence-corrected chi connectivity index (χ3v) is 1.97. The fourth-order valence-corrected chi connectivity index (χ4v) is 1.28. The number of anilines is 2. The maximum atomic E-state index is 5.45. The van der Waals surface area contributed by atoms with Crippen molar-refractivity contribution in [2.75, 3.05) is 39.1 Å². The van der Waals surface area contributed by atoms with E-state index in [1.54, 1.807) is 18.3 Å². The summed E-state index contributed by atoms with van der Waals surface area (Å²) in [6, 6.07) is 4.23. The summed E-state index contributed by atoms with van der Waals surface area (Å²) >= 11 is 0. The molecule has 0 saturated carbocycles. The number of nitrogens with two attached hydrogens (primary N) is 1. The molecule has 94 valence electrons. The first-order valence-corrected chi connectivity index (χ1v) is 5.12. The summed E-state index contributed by atoms with van der Waals surface area (Å²) in [6.07, 6.45) is 1.65. The van der Waals surface area contributed by atoms with Gasteiger partial charge in [0.1, 0.15) is 0 Å². The Labute approximate surface area is 101 Å². The summed E-state index contributed by atoms with van der Waals surface area (Å²) in [7, 11) is 7.55. The maximum Gasteiger partial charge on any atom is 0.470 e. The number of hydrogen-bond acceptors (Lipinski definition) is 5. The first-order chi connectivity index (χ1) is 8.06. The smallest absolute Gasteiger partial charge is 0.321 e. The molecule has 0 aromatic carbocycles. The van der Waals surface area contributed by atoms with Gasteiger partial charge in [-0.2, -0.15) is 5.48 Å². The molecule has 1 aromatic heterocycles. The van der Waals surface area contributed by atoms with Crippen LogP contribution in [0.5, 0.6) is 0 Å². The zero-order chi connectivity index (χ0) is 12.8. The fourth-order valence-electron chi connectivity index (χ4n) is 1.28. The molecule has 0 bridgehead atoms. The number of aromatic nitrogens is 1. The Morgan fingerprint density at radius 3 is 2.71 bits per heavy atom. The van der Waals surface area contributed by atoms with Crippen LogP contribution in [0, 0.1) is 0 Å². The topological polar surface area (TPSA) is 78.5 Å². The second kappa shape index (κ2) is 5.90. The lowest BCUT2D eigenvalue weighted by atomic mass is 10.4. The van der Waals surface area contributed by atoms with E-state index in [4.69, 9.17) is 10.7 Å². The van der Waals surface area contributed by atoms with Gasteiger partial charge in [-0.05, 0) is 12.1 Å². The second-order valence-electron chi connectivity index (χ2n) is 3.82. The van der Waals surface area contributed by atoms with Gasteiger partial charge in [-0.3, -0.25) is 5.84 Å². The summed E-state index contributed by atoms with van der Waals surface area (Å²) < 4.78 is 1.84. The van der Waals surface area contributed by atoms with Gasteiger partial charge in [-0.25, -0.2) is 14.5 Å². The number of hydrazine groups is 1. The van der Waals surface area contributed by atoms with E-state index in [1.807, 2.05) is 37.7 Å². The average Bonchev–Trinajstić information content (AvgIpc) is 2.29. The minimum Gasteiger partial charge on any atom is -0.321 e. The predicted molar refractivity (Wildman–Crippen MR) is 67.6 cm³/mol. The Balaban J connectivity index is 2.76. The van der Waals surface area contributed by atoms with E-state index in [0.29, 0.717) is 17.5 Å². The number of amidine groups is 1. The summed E-state index contributed by atoms with van der Waals surface area (Å²) in [4.78, 5) is 11.4. The van der Waals surface area contributed by atoms with E-state index in [0.717, 1.165) is 0 Å². The summed E-state index contributed by atoms with van der Waals surface area (Å²) in [5.41, 5.74) is 5.95. The van der Waals surface area contributed by atoms with Crippen LogP contribution in [0.15, 0.2) is 18.3 Å². The van der Waals surface area contributed by atoms with Crippen molar-refractivity contribution in [3.8, 4) is 0 Å². The van der Waals surface area contributed by atoms with Crippen LogP contribution in [0.3, 0.4) is 0 Å². The van der Waals surface area contributed by atoms with Crippen LogP contribution in [0.4, 0.5) is 11.5 Å². The number of hydrogen-bond donors (Lipinski definition) is 3.